The zero-order valence-electron chi connectivity index (χ0n) is 20.8. The molecule has 9 nitrogen and oxygen atoms in total. The van der Waals surface area contributed by atoms with Crippen LogP contribution in [0.15, 0.2) is 64.7 Å². The number of methoxy groups -OCH3 is 1. The Labute approximate surface area is 219 Å². The third-order valence-electron chi connectivity index (χ3n) is 4.94. The highest BCUT2D eigenvalue weighted by atomic mass is 32.2. The van der Waals surface area contributed by atoms with E-state index < -0.39 is 0 Å². The first-order valence-corrected chi connectivity index (χ1v) is 12.3. The number of thioether (sulfide) groups is 1. The van der Waals surface area contributed by atoms with Gasteiger partial charge in [-0.05, 0) is 67.4 Å². The van der Waals surface area contributed by atoms with E-state index in [1.165, 1.54) is 18.0 Å². The maximum atomic E-state index is 12.2. The average molecular weight is 518 g/mol. The lowest BCUT2D eigenvalue weighted by Gasteiger charge is -2.09. The SMILES string of the molecule is COCc1cc(C)nc(SCC(=O)N/N=C\c2ccc(OCC(=O)Nc3ccc(C)cc3)cc2)c1C#N. The molecular weight excluding hydrogens is 490 g/mol. The second kappa shape index (κ2) is 13.8. The van der Waals surface area contributed by atoms with Crippen LogP contribution in [-0.4, -0.2) is 42.5 Å². The molecule has 0 aliphatic heterocycles. The summed E-state index contributed by atoms with van der Waals surface area (Å²) >= 11 is 1.17. The quantitative estimate of drug-likeness (QED) is 0.224. The van der Waals surface area contributed by atoms with Gasteiger partial charge in [0.25, 0.3) is 5.91 Å². The van der Waals surface area contributed by atoms with Gasteiger partial charge in [0.2, 0.25) is 5.91 Å². The molecule has 0 bridgehead atoms. The Morgan fingerprint density at radius 2 is 1.84 bits per heavy atom. The van der Waals surface area contributed by atoms with E-state index >= 15 is 0 Å². The van der Waals surface area contributed by atoms with Crippen LogP contribution in [0.2, 0.25) is 0 Å². The molecule has 10 heteroatoms. The number of pyridine rings is 1. The summed E-state index contributed by atoms with van der Waals surface area (Å²) in [6.45, 7) is 3.98. The summed E-state index contributed by atoms with van der Waals surface area (Å²) < 4.78 is 10.7. The van der Waals surface area contributed by atoms with Crippen LogP contribution in [-0.2, 0) is 20.9 Å². The van der Waals surface area contributed by atoms with E-state index in [0.717, 1.165) is 22.4 Å². The smallest absolute Gasteiger partial charge is 0.262 e. The number of hydrogen-bond donors (Lipinski definition) is 2. The number of rotatable bonds is 11. The van der Waals surface area contributed by atoms with Gasteiger partial charge in [0.15, 0.2) is 6.61 Å². The lowest BCUT2D eigenvalue weighted by atomic mass is 10.1. The molecule has 0 saturated heterocycles. The molecule has 0 radical (unpaired) electrons. The van der Waals surface area contributed by atoms with E-state index in [4.69, 9.17) is 9.47 Å². The normalized spacial score (nSPS) is 10.6. The number of hydrazone groups is 1. The predicted molar refractivity (Wildman–Crippen MR) is 143 cm³/mol. The van der Waals surface area contributed by atoms with Gasteiger partial charge in [-0.15, -0.1) is 0 Å². The van der Waals surface area contributed by atoms with Crippen LogP contribution < -0.4 is 15.5 Å². The van der Waals surface area contributed by atoms with Crippen molar-refractivity contribution < 1.29 is 19.1 Å². The number of anilines is 1. The molecule has 0 fully saturated rings. The predicted octanol–water partition coefficient (Wildman–Crippen LogP) is 3.98. The minimum absolute atomic E-state index is 0.0479. The highest BCUT2D eigenvalue weighted by molar-refractivity contribution is 8.00. The molecule has 37 heavy (non-hydrogen) atoms. The van der Waals surface area contributed by atoms with E-state index in [-0.39, 0.29) is 24.2 Å². The number of amides is 2. The van der Waals surface area contributed by atoms with Crippen LogP contribution in [0, 0.1) is 25.2 Å². The molecule has 190 valence electrons. The van der Waals surface area contributed by atoms with Crippen molar-refractivity contribution in [2.45, 2.75) is 25.5 Å². The van der Waals surface area contributed by atoms with Gasteiger partial charge in [-0.25, -0.2) is 10.4 Å². The van der Waals surface area contributed by atoms with Gasteiger partial charge in [0.1, 0.15) is 16.8 Å². The second-order valence-corrected chi connectivity index (χ2v) is 8.97. The Bertz CT molecular complexity index is 1300. The number of benzene rings is 2. The minimum Gasteiger partial charge on any atom is -0.484 e. The van der Waals surface area contributed by atoms with E-state index in [9.17, 15) is 14.9 Å². The lowest BCUT2D eigenvalue weighted by molar-refractivity contribution is -0.119. The fourth-order valence-corrected chi connectivity index (χ4v) is 4.04. The fraction of sp³-hybridized carbons (Fsp3) is 0.222. The van der Waals surface area contributed by atoms with Gasteiger partial charge < -0.3 is 14.8 Å². The third kappa shape index (κ3) is 8.75. The van der Waals surface area contributed by atoms with Gasteiger partial charge in [-0.1, -0.05) is 29.5 Å². The maximum absolute atomic E-state index is 12.2. The zero-order valence-corrected chi connectivity index (χ0v) is 21.6. The molecule has 2 aromatic carbocycles. The molecule has 0 saturated carbocycles. The van der Waals surface area contributed by atoms with E-state index in [1.807, 2.05) is 38.1 Å². The summed E-state index contributed by atoms with van der Waals surface area (Å²) in [6.07, 6.45) is 1.50. The van der Waals surface area contributed by atoms with Crippen LogP contribution in [0.4, 0.5) is 5.69 Å². The Balaban J connectivity index is 1.44. The summed E-state index contributed by atoms with van der Waals surface area (Å²) in [4.78, 5) is 28.6. The topological polar surface area (TPSA) is 126 Å². The van der Waals surface area contributed by atoms with Crippen LogP contribution >= 0.6 is 11.8 Å². The van der Waals surface area contributed by atoms with Crippen molar-refractivity contribution in [3.8, 4) is 11.8 Å². The molecule has 3 aromatic rings. The van der Waals surface area contributed by atoms with Crippen LogP contribution in [0.3, 0.4) is 0 Å². The Kier molecular flexibility index (Phi) is 10.2. The van der Waals surface area contributed by atoms with Crippen molar-refractivity contribution in [1.29, 1.82) is 5.26 Å². The van der Waals surface area contributed by atoms with E-state index in [2.05, 4.69) is 26.9 Å². The van der Waals surface area contributed by atoms with E-state index in [1.54, 1.807) is 37.4 Å². The van der Waals surface area contributed by atoms with Gasteiger partial charge in [0.05, 0.1) is 24.1 Å². The molecule has 2 N–H and O–H groups in total. The molecule has 0 aliphatic carbocycles. The first kappa shape index (κ1) is 27.4. The molecule has 0 aliphatic rings. The lowest BCUT2D eigenvalue weighted by Crippen LogP contribution is -2.20. The Morgan fingerprint density at radius 3 is 2.51 bits per heavy atom. The number of carbonyl (C=O) groups is 2. The Morgan fingerprint density at radius 1 is 1.11 bits per heavy atom. The minimum atomic E-state index is -0.332. The van der Waals surface area contributed by atoms with Crippen molar-refractivity contribution >= 4 is 35.5 Å². The third-order valence-corrected chi connectivity index (χ3v) is 5.91. The van der Waals surface area contributed by atoms with Crippen molar-refractivity contribution in [2.75, 3.05) is 24.8 Å². The number of aromatic nitrogens is 1. The van der Waals surface area contributed by atoms with Crippen molar-refractivity contribution in [3.63, 3.8) is 0 Å². The molecular formula is C27H27N5O4S. The average Bonchev–Trinajstić information content (AvgIpc) is 2.88. The van der Waals surface area contributed by atoms with Crippen molar-refractivity contribution in [3.05, 3.63) is 82.5 Å². The summed E-state index contributed by atoms with van der Waals surface area (Å²) in [6, 6.07) is 18.4. The highest BCUT2D eigenvalue weighted by Gasteiger charge is 2.13. The standard InChI is InChI=1S/C27H27N5O4S/c1-18-4-8-22(9-5-18)31-25(33)16-36-23-10-6-20(7-11-23)14-29-32-26(34)17-37-27-24(13-28)21(15-35-3)12-19(2)30-27/h4-12,14H,15-17H2,1-3H3,(H,31,33)(H,32,34)/b29-14-. The molecule has 1 heterocycles. The molecule has 3 rings (SSSR count). The molecule has 0 unspecified atom stereocenters. The summed E-state index contributed by atoms with van der Waals surface area (Å²) in [5, 5.41) is 16.7. The summed E-state index contributed by atoms with van der Waals surface area (Å²) in [5.74, 6) is -0.00996. The molecule has 0 spiro atoms. The highest BCUT2D eigenvalue weighted by Crippen LogP contribution is 2.24. The Hall–Kier alpha value is -4.20. The number of aryl methyl sites for hydroxylation is 2. The first-order chi connectivity index (χ1) is 17.9. The number of ether oxygens (including phenoxy) is 2. The number of nitrogens with one attached hydrogen (secondary N) is 2. The zero-order chi connectivity index (χ0) is 26.6. The monoisotopic (exact) mass is 517 g/mol. The van der Waals surface area contributed by atoms with Gasteiger partial charge >= 0.3 is 0 Å². The number of carbonyl (C=O) groups excluding carboxylic acids is 2. The summed E-state index contributed by atoms with van der Waals surface area (Å²) in [5.41, 5.74) is 6.91. The van der Waals surface area contributed by atoms with Crippen LogP contribution in [0.5, 0.6) is 5.75 Å². The fourth-order valence-electron chi connectivity index (χ4n) is 3.18. The van der Waals surface area contributed by atoms with Crippen molar-refractivity contribution in [1.82, 2.24) is 10.4 Å². The van der Waals surface area contributed by atoms with Crippen LogP contribution in [0.25, 0.3) is 0 Å². The second-order valence-electron chi connectivity index (χ2n) is 8.00. The number of hydrogen-bond acceptors (Lipinski definition) is 8. The van der Waals surface area contributed by atoms with Crippen LogP contribution in [0.1, 0.15) is 27.9 Å². The van der Waals surface area contributed by atoms with Gasteiger partial charge in [-0.3, -0.25) is 9.59 Å². The van der Waals surface area contributed by atoms with Gasteiger partial charge in [-0.2, -0.15) is 10.4 Å². The maximum Gasteiger partial charge on any atom is 0.262 e. The number of nitriles is 1. The van der Waals surface area contributed by atoms with Crippen molar-refractivity contribution in [2.24, 2.45) is 5.10 Å². The van der Waals surface area contributed by atoms with E-state index in [0.29, 0.717) is 28.6 Å². The van der Waals surface area contributed by atoms with Gasteiger partial charge in [0, 0.05) is 18.5 Å². The molecule has 2 amide bonds. The largest absolute Gasteiger partial charge is 0.484 e. The number of nitrogens with zero attached hydrogens (tertiary/aromatic N) is 3. The summed E-state index contributed by atoms with van der Waals surface area (Å²) in [7, 11) is 1.56. The molecule has 1 aromatic heterocycles. The molecule has 0 atom stereocenters. The first-order valence-electron chi connectivity index (χ1n) is 11.3.